The maximum atomic E-state index is 13.8. The number of benzene rings is 2. The topological polar surface area (TPSA) is 175 Å². The number of hydrogen-bond donors (Lipinski definition) is 4. The molecule has 0 bridgehead atoms. The monoisotopic (exact) mass is 680 g/mol. The number of aromatic nitrogens is 4. The van der Waals surface area contributed by atoms with Crippen molar-refractivity contribution < 1.29 is 28.7 Å². The van der Waals surface area contributed by atoms with Gasteiger partial charge in [0.25, 0.3) is 5.91 Å². The van der Waals surface area contributed by atoms with E-state index < -0.39 is 24.3 Å². The molecule has 0 radical (unpaired) electrons. The van der Waals surface area contributed by atoms with E-state index in [1.165, 1.54) is 14.2 Å². The van der Waals surface area contributed by atoms with Crippen molar-refractivity contribution in [2.24, 2.45) is 0 Å². The van der Waals surface area contributed by atoms with E-state index in [2.05, 4.69) is 42.2 Å². The predicted octanol–water partition coefficient (Wildman–Crippen LogP) is 4.24. The average Bonchev–Trinajstić information content (AvgIpc) is 3.97. The van der Waals surface area contributed by atoms with Crippen LogP contribution in [0.25, 0.3) is 11.0 Å². The molecule has 4 aromatic rings. The number of likely N-dealkylation sites (tertiary alicyclic amines) is 2. The van der Waals surface area contributed by atoms with Gasteiger partial charge in [0, 0.05) is 18.7 Å². The summed E-state index contributed by atoms with van der Waals surface area (Å²) in [5, 5.41) is 5.31. The second kappa shape index (κ2) is 15.1. The normalized spacial score (nSPS) is 18.2. The van der Waals surface area contributed by atoms with E-state index in [0.29, 0.717) is 42.4 Å². The number of amides is 4. The number of carbonyl (C=O) groups is 4. The van der Waals surface area contributed by atoms with Crippen LogP contribution < -0.4 is 10.6 Å². The Labute approximate surface area is 289 Å². The first-order chi connectivity index (χ1) is 24.3. The fraction of sp³-hybridized carbons (Fsp3) is 0.389. The number of ether oxygens (including phenoxy) is 2. The molecule has 4 N–H and O–H groups in total. The first-order valence-electron chi connectivity index (χ1n) is 16.7. The summed E-state index contributed by atoms with van der Waals surface area (Å²) in [4.78, 5) is 70.5. The van der Waals surface area contributed by atoms with Gasteiger partial charge in [-0.25, -0.2) is 19.6 Å². The van der Waals surface area contributed by atoms with E-state index in [4.69, 9.17) is 9.72 Å². The summed E-state index contributed by atoms with van der Waals surface area (Å²) in [5.41, 5.74) is 3.57. The molecule has 2 saturated heterocycles. The number of hydrogen-bond acceptors (Lipinski definition) is 8. The SMILES string of the molecule is CCC(NC(=O)OC)C(=O)N1CCCC1c1ncc(C#Cc2ccc3nc(C4CCCN4C(=O)C(NC(=O)OC)c4ccccc4)[nH]c3c2)[nH]1. The zero-order valence-corrected chi connectivity index (χ0v) is 28.2. The number of methoxy groups -OCH3 is 2. The fourth-order valence-corrected chi connectivity index (χ4v) is 6.62. The van der Waals surface area contributed by atoms with E-state index in [9.17, 15) is 19.2 Å². The summed E-state index contributed by atoms with van der Waals surface area (Å²) in [6, 6.07) is 12.7. The molecule has 0 saturated carbocycles. The van der Waals surface area contributed by atoms with Crippen LogP contribution >= 0.6 is 0 Å². The summed E-state index contributed by atoms with van der Waals surface area (Å²) in [6.45, 7) is 2.94. The third-order valence-electron chi connectivity index (χ3n) is 9.15. The van der Waals surface area contributed by atoms with Crippen molar-refractivity contribution in [1.82, 2.24) is 40.4 Å². The first kappa shape index (κ1) is 34.0. The summed E-state index contributed by atoms with van der Waals surface area (Å²) in [7, 11) is 2.54. The lowest BCUT2D eigenvalue weighted by Crippen LogP contribution is -2.48. The van der Waals surface area contributed by atoms with Crippen molar-refractivity contribution in [3.05, 3.63) is 83.2 Å². The smallest absolute Gasteiger partial charge is 0.407 e. The Balaban J connectivity index is 1.16. The van der Waals surface area contributed by atoms with Gasteiger partial charge in [0.15, 0.2) is 0 Å². The molecule has 50 heavy (non-hydrogen) atoms. The van der Waals surface area contributed by atoms with Gasteiger partial charge in [-0.1, -0.05) is 43.2 Å². The number of alkyl carbamates (subject to hydrolysis) is 2. The van der Waals surface area contributed by atoms with Crippen molar-refractivity contribution in [3.8, 4) is 11.8 Å². The van der Waals surface area contributed by atoms with E-state index in [0.717, 1.165) is 42.3 Å². The van der Waals surface area contributed by atoms with Crippen LogP contribution in [0.3, 0.4) is 0 Å². The summed E-state index contributed by atoms with van der Waals surface area (Å²) in [6.07, 6.45) is 3.87. The number of fused-ring (bicyclic) bond motifs is 1. The van der Waals surface area contributed by atoms with Gasteiger partial charge in [0.2, 0.25) is 5.91 Å². The quantitative estimate of drug-likeness (QED) is 0.200. The number of H-pyrrole nitrogens is 2. The Kier molecular flexibility index (Phi) is 10.3. The summed E-state index contributed by atoms with van der Waals surface area (Å²) in [5.74, 6) is 7.23. The van der Waals surface area contributed by atoms with Gasteiger partial charge in [-0.15, -0.1) is 0 Å². The third kappa shape index (κ3) is 7.26. The van der Waals surface area contributed by atoms with Crippen molar-refractivity contribution in [2.45, 2.75) is 63.2 Å². The zero-order valence-electron chi connectivity index (χ0n) is 28.2. The minimum atomic E-state index is -0.896. The molecule has 4 heterocycles. The molecule has 2 aliphatic heterocycles. The highest BCUT2D eigenvalue weighted by Crippen LogP contribution is 2.34. The highest BCUT2D eigenvalue weighted by Gasteiger charge is 2.38. The van der Waals surface area contributed by atoms with Gasteiger partial charge >= 0.3 is 12.2 Å². The molecule has 2 aromatic carbocycles. The number of carbonyl (C=O) groups excluding carboxylic acids is 4. The average molecular weight is 681 g/mol. The van der Waals surface area contributed by atoms with Gasteiger partial charge in [-0.3, -0.25) is 9.59 Å². The van der Waals surface area contributed by atoms with Crippen LogP contribution in [0.5, 0.6) is 0 Å². The number of nitrogens with one attached hydrogen (secondary N) is 4. The van der Waals surface area contributed by atoms with Crippen molar-refractivity contribution in [1.29, 1.82) is 0 Å². The fourth-order valence-electron chi connectivity index (χ4n) is 6.62. The van der Waals surface area contributed by atoms with Gasteiger partial charge in [-0.2, -0.15) is 0 Å². The number of imidazole rings is 2. The highest BCUT2D eigenvalue weighted by molar-refractivity contribution is 5.88. The minimum Gasteiger partial charge on any atom is -0.453 e. The molecule has 0 spiro atoms. The van der Waals surface area contributed by atoms with Crippen molar-refractivity contribution in [3.63, 3.8) is 0 Å². The Bertz CT molecular complexity index is 1930. The van der Waals surface area contributed by atoms with Crippen LogP contribution in [0.15, 0.2) is 54.7 Å². The Morgan fingerprint density at radius 3 is 2.26 bits per heavy atom. The van der Waals surface area contributed by atoms with Gasteiger partial charge < -0.3 is 39.9 Å². The number of nitrogens with zero attached hydrogens (tertiary/aromatic N) is 4. The second-order valence-electron chi connectivity index (χ2n) is 12.2. The molecule has 14 nitrogen and oxygen atoms in total. The molecule has 4 unspecified atom stereocenters. The summed E-state index contributed by atoms with van der Waals surface area (Å²) >= 11 is 0. The highest BCUT2D eigenvalue weighted by atomic mass is 16.5. The van der Waals surface area contributed by atoms with E-state index in [1.807, 2.05) is 43.3 Å². The lowest BCUT2D eigenvalue weighted by Gasteiger charge is -2.28. The van der Waals surface area contributed by atoms with Crippen LogP contribution in [0.1, 0.15) is 85.6 Å². The lowest BCUT2D eigenvalue weighted by atomic mass is 10.1. The molecule has 2 aliphatic rings. The molecule has 4 atom stereocenters. The predicted molar refractivity (Wildman–Crippen MR) is 182 cm³/mol. The maximum Gasteiger partial charge on any atom is 0.407 e. The van der Waals surface area contributed by atoms with E-state index in [1.54, 1.807) is 28.1 Å². The molecule has 2 aromatic heterocycles. The Hall–Kier alpha value is -5.84. The van der Waals surface area contributed by atoms with Crippen molar-refractivity contribution in [2.75, 3.05) is 27.3 Å². The first-order valence-corrected chi connectivity index (χ1v) is 16.7. The molecular weight excluding hydrogens is 640 g/mol. The molecular formula is C36H40N8O6. The number of aromatic amines is 2. The molecule has 0 aliphatic carbocycles. The summed E-state index contributed by atoms with van der Waals surface area (Å²) < 4.78 is 9.48. The van der Waals surface area contributed by atoms with Crippen LogP contribution in [0.2, 0.25) is 0 Å². The molecule has 14 heteroatoms. The van der Waals surface area contributed by atoms with Crippen LogP contribution in [0.4, 0.5) is 9.59 Å². The standard InChI is InChI=1S/C36H40N8O6/c1-4-25(41-35(47)49-2)33(45)43-18-8-12-28(43)31-37-21-24(38-31)16-14-22-15-17-26-27(20-22)40-32(39-26)29-13-9-19-44(29)34(46)30(42-36(48)50-3)23-10-6-5-7-11-23/h5-7,10-11,15,17,20-21,25,28-30H,4,8-9,12-13,18-19H2,1-3H3,(H,37,38)(H,39,40)(H,41,47)(H,42,48). The van der Waals surface area contributed by atoms with Gasteiger partial charge in [-0.05, 0) is 61.8 Å². The Morgan fingerprint density at radius 2 is 1.56 bits per heavy atom. The zero-order chi connectivity index (χ0) is 35.2. The Morgan fingerprint density at radius 1 is 0.880 bits per heavy atom. The molecule has 4 amide bonds. The van der Waals surface area contributed by atoms with Crippen LogP contribution in [-0.4, -0.2) is 87.1 Å². The molecule has 2 fully saturated rings. The van der Waals surface area contributed by atoms with E-state index in [-0.39, 0.29) is 23.9 Å². The second-order valence-corrected chi connectivity index (χ2v) is 12.2. The van der Waals surface area contributed by atoms with E-state index >= 15 is 0 Å². The number of rotatable bonds is 8. The maximum absolute atomic E-state index is 13.8. The van der Waals surface area contributed by atoms with Crippen molar-refractivity contribution >= 4 is 35.0 Å². The lowest BCUT2D eigenvalue weighted by molar-refractivity contribution is -0.135. The molecule has 260 valence electrons. The van der Waals surface area contributed by atoms with Gasteiger partial charge in [0.05, 0.1) is 43.5 Å². The minimum absolute atomic E-state index is 0.171. The molecule has 6 rings (SSSR count). The van der Waals surface area contributed by atoms with Crippen LogP contribution in [-0.2, 0) is 19.1 Å². The van der Waals surface area contributed by atoms with Crippen LogP contribution in [0, 0.1) is 11.8 Å². The largest absolute Gasteiger partial charge is 0.453 e. The third-order valence-corrected chi connectivity index (χ3v) is 9.15. The van der Waals surface area contributed by atoms with Gasteiger partial charge in [0.1, 0.15) is 29.4 Å².